The molecular weight excluding hydrogens is 268 g/mol. The lowest BCUT2D eigenvalue weighted by atomic mass is 10.1. The normalized spacial score (nSPS) is 14.8. The predicted octanol–water partition coefficient (Wildman–Crippen LogP) is 2.25. The summed E-state index contributed by atoms with van der Waals surface area (Å²) in [6, 6.07) is 3.27. The molecule has 21 heavy (non-hydrogen) atoms. The maximum Gasteiger partial charge on any atom is 0.333 e. The summed E-state index contributed by atoms with van der Waals surface area (Å²) in [5.41, 5.74) is 1.32. The number of hydrogen-bond donors (Lipinski definition) is 1. The Balaban J connectivity index is 1.68. The van der Waals surface area contributed by atoms with Crippen LogP contribution in [0.2, 0.25) is 0 Å². The van der Waals surface area contributed by atoms with E-state index in [1.807, 2.05) is 6.08 Å². The average Bonchev–Trinajstić information content (AvgIpc) is 2.81. The van der Waals surface area contributed by atoms with Crippen LogP contribution in [0.1, 0.15) is 42.5 Å². The standard InChI is InChI=1S/C16H20N2O3/c19-15(13-7-9-17-10-8-13)18-11-12-21-16(20)14-5-3-1-2-4-6-14/h5,7-10H,1-4,6,11-12H2,(H,18,19). The van der Waals surface area contributed by atoms with Crippen LogP contribution in [0.4, 0.5) is 0 Å². The van der Waals surface area contributed by atoms with Crippen molar-refractivity contribution in [2.24, 2.45) is 0 Å². The van der Waals surface area contributed by atoms with Gasteiger partial charge in [-0.15, -0.1) is 0 Å². The van der Waals surface area contributed by atoms with Crippen molar-refractivity contribution in [2.45, 2.75) is 32.1 Å². The van der Waals surface area contributed by atoms with Crippen LogP contribution < -0.4 is 5.32 Å². The molecule has 0 saturated carbocycles. The number of ether oxygens (including phenoxy) is 1. The summed E-state index contributed by atoms with van der Waals surface area (Å²) >= 11 is 0. The number of carbonyl (C=O) groups is 2. The SMILES string of the molecule is O=C(OCCNC(=O)c1ccncc1)C1=CCCCCC1. The van der Waals surface area contributed by atoms with E-state index in [0.717, 1.165) is 37.7 Å². The Labute approximate surface area is 124 Å². The third kappa shape index (κ3) is 5.02. The molecule has 1 amide bonds. The summed E-state index contributed by atoms with van der Waals surface area (Å²) in [5, 5.41) is 2.71. The molecule has 1 heterocycles. The van der Waals surface area contributed by atoms with Gasteiger partial charge < -0.3 is 10.1 Å². The van der Waals surface area contributed by atoms with E-state index in [2.05, 4.69) is 10.3 Å². The molecule has 0 saturated heterocycles. The third-order valence-corrected chi connectivity index (χ3v) is 3.37. The van der Waals surface area contributed by atoms with Crippen molar-refractivity contribution in [1.82, 2.24) is 10.3 Å². The van der Waals surface area contributed by atoms with Crippen LogP contribution >= 0.6 is 0 Å². The minimum atomic E-state index is -0.255. The van der Waals surface area contributed by atoms with Crippen molar-refractivity contribution in [3.05, 3.63) is 41.7 Å². The molecule has 0 fully saturated rings. The first-order chi connectivity index (χ1) is 10.3. The highest BCUT2D eigenvalue weighted by atomic mass is 16.5. The molecule has 1 aliphatic carbocycles. The first-order valence-electron chi connectivity index (χ1n) is 7.32. The monoisotopic (exact) mass is 288 g/mol. The first kappa shape index (κ1) is 15.2. The van der Waals surface area contributed by atoms with Gasteiger partial charge in [-0.25, -0.2) is 4.79 Å². The molecule has 1 aliphatic rings. The van der Waals surface area contributed by atoms with Gasteiger partial charge in [-0.1, -0.05) is 12.5 Å². The largest absolute Gasteiger partial charge is 0.460 e. The summed E-state index contributed by atoms with van der Waals surface area (Å²) in [7, 11) is 0. The van der Waals surface area contributed by atoms with Crippen molar-refractivity contribution >= 4 is 11.9 Å². The first-order valence-corrected chi connectivity index (χ1v) is 7.32. The molecule has 0 bridgehead atoms. The second kappa shape index (κ2) is 8.19. The number of allylic oxidation sites excluding steroid dienone is 1. The van der Waals surface area contributed by atoms with Gasteiger partial charge in [-0.05, 0) is 37.8 Å². The topological polar surface area (TPSA) is 68.3 Å². The molecule has 112 valence electrons. The zero-order valence-electron chi connectivity index (χ0n) is 12.0. The highest BCUT2D eigenvalue weighted by Gasteiger charge is 2.12. The molecule has 5 nitrogen and oxygen atoms in total. The van der Waals surface area contributed by atoms with Gasteiger partial charge in [0.2, 0.25) is 0 Å². The number of hydrogen-bond acceptors (Lipinski definition) is 4. The number of nitrogens with zero attached hydrogens (tertiary/aromatic N) is 1. The quantitative estimate of drug-likeness (QED) is 0.666. The highest BCUT2D eigenvalue weighted by molar-refractivity contribution is 5.94. The van der Waals surface area contributed by atoms with E-state index >= 15 is 0 Å². The van der Waals surface area contributed by atoms with E-state index in [-0.39, 0.29) is 18.5 Å². The van der Waals surface area contributed by atoms with Crippen LogP contribution in [0.25, 0.3) is 0 Å². The fraction of sp³-hybridized carbons (Fsp3) is 0.438. The Morgan fingerprint density at radius 2 is 2.00 bits per heavy atom. The molecule has 0 aromatic carbocycles. The zero-order valence-corrected chi connectivity index (χ0v) is 12.0. The van der Waals surface area contributed by atoms with E-state index in [1.54, 1.807) is 24.5 Å². The van der Waals surface area contributed by atoms with Gasteiger partial charge in [0.25, 0.3) is 5.91 Å². The number of rotatable bonds is 5. The van der Waals surface area contributed by atoms with Gasteiger partial charge in [0, 0.05) is 23.5 Å². The van der Waals surface area contributed by atoms with Crippen LogP contribution in [0, 0.1) is 0 Å². The lowest BCUT2D eigenvalue weighted by Crippen LogP contribution is -2.28. The summed E-state index contributed by atoms with van der Waals surface area (Å²) in [6.45, 7) is 0.493. The van der Waals surface area contributed by atoms with E-state index in [4.69, 9.17) is 4.74 Å². The predicted molar refractivity (Wildman–Crippen MR) is 78.7 cm³/mol. The molecule has 0 radical (unpaired) electrons. The van der Waals surface area contributed by atoms with Gasteiger partial charge in [0.05, 0.1) is 6.54 Å². The second-order valence-electron chi connectivity index (χ2n) is 4.96. The average molecular weight is 288 g/mol. The minimum absolute atomic E-state index is 0.187. The Kier molecular flexibility index (Phi) is 5.94. The van der Waals surface area contributed by atoms with Crippen molar-refractivity contribution in [1.29, 1.82) is 0 Å². The van der Waals surface area contributed by atoms with E-state index in [0.29, 0.717) is 12.1 Å². The Bertz CT molecular complexity index is 512. The van der Waals surface area contributed by atoms with Crippen molar-refractivity contribution < 1.29 is 14.3 Å². The zero-order chi connectivity index (χ0) is 14.9. The Morgan fingerprint density at radius 3 is 2.81 bits per heavy atom. The van der Waals surface area contributed by atoms with Gasteiger partial charge in [-0.2, -0.15) is 0 Å². The number of esters is 1. The number of pyridine rings is 1. The summed E-state index contributed by atoms with van der Waals surface area (Å²) in [5.74, 6) is -0.447. The molecule has 1 aromatic rings. The van der Waals surface area contributed by atoms with Gasteiger partial charge in [0.1, 0.15) is 6.61 Å². The molecule has 2 rings (SSSR count). The summed E-state index contributed by atoms with van der Waals surface area (Å²) in [6.07, 6.45) is 10.2. The molecular formula is C16H20N2O3. The van der Waals surface area contributed by atoms with Crippen molar-refractivity contribution in [2.75, 3.05) is 13.2 Å². The molecule has 0 unspecified atom stereocenters. The Hall–Kier alpha value is -2.17. The maximum absolute atomic E-state index is 11.9. The van der Waals surface area contributed by atoms with E-state index < -0.39 is 0 Å². The summed E-state index contributed by atoms with van der Waals surface area (Å²) in [4.78, 5) is 27.5. The molecule has 0 atom stereocenters. The summed E-state index contributed by atoms with van der Waals surface area (Å²) < 4.78 is 5.19. The number of nitrogens with one attached hydrogen (secondary N) is 1. The van der Waals surface area contributed by atoms with Crippen LogP contribution in [0.15, 0.2) is 36.2 Å². The fourth-order valence-electron chi connectivity index (χ4n) is 2.21. The van der Waals surface area contributed by atoms with Crippen LogP contribution in [-0.4, -0.2) is 30.0 Å². The second-order valence-corrected chi connectivity index (χ2v) is 4.96. The van der Waals surface area contributed by atoms with E-state index in [9.17, 15) is 9.59 Å². The van der Waals surface area contributed by atoms with Gasteiger partial charge >= 0.3 is 5.97 Å². The Morgan fingerprint density at radius 1 is 1.19 bits per heavy atom. The molecule has 1 aromatic heterocycles. The van der Waals surface area contributed by atoms with E-state index in [1.165, 1.54) is 0 Å². The van der Waals surface area contributed by atoms with Crippen molar-refractivity contribution in [3.8, 4) is 0 Å². The number of amides is 1. The highest BCUT2D eigenvalue weighted by Crippen LogP contribution is 2.17. The molecule has 0 spiro atoms. The van der Waals surface area contributed by atoms with Crippen LogP contribution in [-0.2, 0) is 9.53 Å². The minimum Gasteiger partial charge on any atom is -0.460 e. The van der Waals surface area contributed by atoms with Gasteiger partial charge in [0.15, 0.2) is 0 Å². The lowest BCUT2D eigenvalue weighted by molar-refractivity contribution is -0.139. The van der Waals surface area contributed by atoms with Crippen LogP contribution in [0.5, 0.6) is 0 Å². The smallest absolute Gasteiger partial charge is 0.333 e. The molecule has 1 N–H and O–H groups in total. The van der Waals surface area contributed by atoms with Crippen molar-refractivity contribution in [3.63, 3.8) is 0 Å². The molecule has 5 heteroatoms. The number of aromatic nitrogens is 1. The third-order valence-electron chi connectivity index (χ3n) is 3.37. The molecule has 0 aliphatic heterocycles. The fourth-order valence-corrected chi connectivity index (χ4v) is 2.21. The van der Waals surface area contributed by atoms with Crippen LogP contribution in [0.3, 0.4) is 0 Å². The maximum atomic E-state index is 11.9. The number of carbonyl (C=O) groups excluding carboxylic acids is 2. The van der Waals surface area contributed by atoms with Gasteiger partial charge in [-0.3, -0.25) is 9.78 Å². The lowest BCUT2D eigenvalue weighted by Gasteiger charge is -2.08.